The van der Waals surface area contributed by atoms with Crippen LogP contribution >= 0.6 is 0 Å². The maximum absolute atomic E-state index is 12.2. The summed E-state index contributed by atoms with van der Waals surface area (Å²) in [4.78, 5) is 27.5. The third-order valence-corrected chi connectivity index (χ3v) is 5.65. The molecule has 1 aliphatic heterocycles. The van der Waals surface area contributed by atoms with Gasteiger partial charge in [-0.1, -0.05) is 0 Å². The molecule has 0 atom stereocenters. The van der Waals surface area contributed by atoms with Gasteiger partial charge in [-0.2, -0.15) is 5.10 Å². The summed E-state index contributed by atoms with van der Waals surface area (Å²) < 4.78 is 1.68. The molecule has 0 amide bonds. The minimum Gasteiger partial charge on any atom is -0.356 e. The lowest BCUT2D eigenvalue weighted by Crippen LogP contribution is -2.37. The van der Waals surface area contributed by atoms with Crippen molar-refractivity contribution >= 4 is 16.7 Å². The smallest absolute Gasteiger partial charge is 0.266 e. The van der Waals surface area contributed by atoms with Gasteiger partial charge in [-0.25, -0.2) is 14.6 Å². The van der Waals surface area contributed by atoms with Crippen LogP contribution in [0.15, 0.2) is 41.7 Å². The summed E-state index contributed by atoms with van der Waals surface area (Å²) in [5.41, 5.74) is 1.96. The van der Waals surface area contributed by atoms with Gasteiger partial charge < -0.3 is 4.90 Å². The summed E-state index contributed by atoms with van der Waals surface area (Å²) in [7, 11) is 0. The van der Waals surface area contributed by atoms with Crippen LogP contribution in [-0.2, 0) is 6.54 Å². The molecule has 27 heavy (non-hydrogen) atoms. The van der Waals surface area contributed by atoms with E-state index in [1.807, 2.05) is 12.1 Å². The van der Waals surface area contributed by atoms with Crippen LogP contribution in [0.2, 0.25) is 0 Å². The summed E-state index contributed by atoms with van der Waals surface area (Å²) in [6, 6.07) is 5.55. The molecule has 0 N–H and O–H groups in total. The molecule has 0 bridgehead atoms. The zero-order valence-corrected chi connectivity index (χ0v) is 15.2. The first-order chi connectivity index (χ1) is 13.3. The molecule has 3 aromatic heterocycles. The number of hydrogen-bond donors (Lipinski definition) is 0. The topological polar surface area (TPSA) is 76.8 Å². The van der Waals surface area contributed by atoms with Crippen molar-refractivity contribution < 1.29 is 0 Å². The Hall–Kier alpha value is -2.83. The number of aromatic nitrogens is 5. The van der Waals surface area contributed by atoms with Gasteiger partial charge in [-0.15, -0.1) is 0 Å². The SMILES string of the molecule is O=c1ccc(C2CC2)nn1CC1CCN(c2ncnc3cnccc23)CC1. The van der Waals surface area contributed by atoms with Crippen molar-refractivity contribution in [2.75, 3.05) is 18.0 Å². The molecule has 0 aromatic carbocycles. The van der Waals surface area contributed by atoms with E-state index in [0.717, 1.165) is 48.3 Å². The van der Waals surface area contributed by atoms with E-state index in [2.05, 4.69) is 25.0 Å². The van der Waals surface area contributed by atoms with Crippen LogP contribution in [0.5, 0.6) is 0 Å². The van der Waals surface area contributed by atoms with E-state index in [-0.39, 0.29) is 5.56 Å². The van der Waals surface area contributed by atoms with E-state index in [4.69, 9.17) is 0 Å². The Morgan fingerprint density at radius 2 is 1.89 bits per heavy atom. The molecule has 1 saturated carbocycles. The second kappa shape index (κ2) is 6.72. The van der Waals surface area contributed by atoms with Gasteiger partial charge in [0.2, 0.25) is 0 Å². The lowest BCUT2D eigenvalue weighted by Gasteiger charge is -2.33. The fraction of sp³-hybridized carbons (Fsp3) is 0.450. The van der Waals surface area contributed by atoms with Crippen LogP contribution in [0.25, 0.3) is 10.9 Å². The number of pyridine rings is 1. The van der Waals surface area contributed by atoms with Crippen molar-refractivity contribution in [2.24, 2.45) is 5.92 Å². The number of anilines is 1. The molecule has 3 aromatic rings. The summed E-state index contributed by atoms with van der Waals surface area (Å²) in [5, 5.41) is 5.65. The van der Waals surface area contributed by atoms with Crippen LogP contribution in [0.1, 0.15) is 37.3 Å². The highest BCUT2D eigenvalue weighted by atomic mass is 16.1. The van der Waals surface area contributed by atoms with Gasteiger partial charge in [0.05, 0.1) is 17.4 Å². The zero-order valence-electron chi connectivity index (χ0n) is 15.2. The van der Waals surface area contributed by atoms with Gasteiger partial charge in [0.25, 0.3) is 5.56 Å². The standard InChI is InChI=1S/C20H22N6O/c27-19-4-3-17(15-1-2-15)24-26(19)12-14-6-9-25(10-7-14)20-16-5-8-21-11-18(16)22-13-23-20/h3-5,8,11,13-15H,1-2,6-7,9-10,12H2. The molecule has 0 spiro atoms. The third-order valence-electron chi connectivity index (χ3n) is 5.65. The van der Waals surface area contributed by atoms with Gasteiger partial charge in [0.15, 0.2) is 0 Å². The molecule has 0 radical (unpaired) electrons. The Morgan fingerprint density at radius 1 is 1.04 bits per heavy atom. The lowest BCUT2D eigenvalue weighted by molar-refractivity contribution is 0.333. The summed E-state index contributed by atoms with van der Waals surface area (Å²) in [6.07, 6.45) is 9.62. The Kier molecular flexibility index (Phi) is 4.07. The number of piperidine rings is 1. The lowest BCUT2D eigenvalue weighted by atomic mass is 9.96. The first-order valence-electron chi connectivity index (χ1n) is 9.65. The molecular weight excluding hydrogens is 340 g/mol. The van der Waals surface area contributed by atoms with Crippen molar-refractivity contribution in [3.8, 4) is 0 Å². The van der Waals surface area contributed by atoms with E-state index < -0.39 is 0 Å². The van der Waals surface area contributed by atoms with Crippen molar-refractivity contribution in [1.29, 1.82) is 0 Å². The summed E-state index contributed by atoms with van der Waals surface area (Å²) in [6.45, 7) is 2.56. The number of nitrogens with zero attached hydrogens (tertiary/aromatic N) is 6. The molecule has 2 aliphatic rings. The average Bonchev–Trinajstić information content (AvgIpc) is 3.55. The molecule has 7 heteroatoms. The van der Waals surface area contributed by atoms with Crippen molar-refractivity contribution in [1.82, 2.24) is 24.7 Å². The third kappa shape index (κ3) is 3.29. The van der Waals surface area contributed by atoms with E-state index >= 15 is 0 Å². The number of fused-ring (bicyclic) bond motifs is 1. The number of hydrogen-bond acceptors (Lipinski definition) is 6. The highest BCUT2D eigenvalue weighted by Gasteiger charge is 2.26. The minimum absolute atomic E-state index is 0.0103. The Labute approximate surface area is 157 Å². The van der Waals surface area contributed by atoms with E-state index in [1.165, 1.54) is 12.8 Å². The maximum atomic E-state index is 12.2. The highest BCUT2D eigenvalue weighted by molar-refractivity contribution is 5.88. The Bertz CT molecular complexity index is 1010. The van der Waals surface area contributed by atoms with Gasteiger partial charge >= 0.3 is 0 Å². The Balaban J connectivity index is 1.29. The summed E-state index contributed by atoms with van der Waals surface area (Å²) >= 11 is 0. The molecule has 138 valence electrons. The van der Waals surface area contributed by atoms with Crippen LogP contribution in [-0.4, -0.2) is 37.8 Å². The van der Waals surface area contributed by atoms with Crippen molar-refractivity contribution in [2.45, 2.75) is 38.1 Å². The molecular formula is C20H22N6O. The zero-order chi connectivity index (χ0) is 18.2. The first kappa shape index (κ1) is 16.4. The molecule has 0 unspecified atom stereocenters. The van der Waals surface area contributed by atoms with E-state index in [1.54, 1.807) is 29.5 Å². The molecule has 2 fully saturated rings. The monoisotopic (exact) mass is 362 g/mol. The predicted octanol–water partition coefficient (Wildman–Crippen LogP) is 2.38. The van der Waals surface area contributed by atoms with Gasteiger partial charge in [0, 0.05) is 43.2 Å². The summed E-state index contributed by atoms with van der Waals surface area (Å²) in [5.74, 6) is 2.02. The number of rotatable bonds is 4. The molecule has 4 heterocycles. The largest absolute Gasteiger partial charge is 0.356 e. The van der Waals surface area contributed by atoms with E-state index in [9.17, 15) is 4.79 Å². The van der Waals surface area contributed by atoms with Gasteiger partial charge in [-0.3, -0.25) is 9.78 Å². The van der Waals surface area contributed by atoms with E-state index in [0.29, 0.717) is 18.4 Å². The van der Waals surface area contributed by atoms with Crippen molar-refractivity contribution in [3.63, 3.8) is 0 Å². The van der Waals surface area contributed by atoms with Crippen LogP contribution in [0.3, 0.4) is 0 Å². The van der Waals surface area contributed by atoms with Crippen molar-refractivity contribution in [3.05, 3.63) is 53.0 Å². The van der Waals surface area contributed by atoms with Crippen LogP contribution in [0, 0.1) is 5.92 Å². The highest BCUT2D eigenvalue weighted by Crippen LogP contribution is 2.38. The normalized spacial score (nSPS) is 18.1. The minimum atomic E-state index is 0.0103. The maximum Gasteiger partial charge on any atom is 0.266 e. The van der Waals surface area contributed by atoms with Crippen LogP contribution < -0.4 is 10.5 Å². The molecule has 7 nitrogen and oxygen atoms in total. The predicted molar refractivity (Wildman–Crippen MR) is 103 cm³/mol. The fourth-order valence-electron chi connectivity index (χ4n) is 3.91. The van der Waals surface area contributed by atoms with Gasteiger partial charge in [0.1, 0.15) is 12.1 Å². The second-order valence-electron chi connectivity index (χ2n) is 7.57. The van der Waals surface area contributed by atoms with Gasteiger partial charge in [-0.05, 0) is 43.7 Å². The molecule has 1 saturated heterocycles. The molecule has 5 rings (SSSR count). The average molecular weight is 362 g/mol. The second-order valence-corrected chi connectivity index (χ2v) is 7.57. The fourth-order valence-corrected chi connectivity index (χ4v) is 3.91. The first-order valence-corrected chi connectivity index (χ1v) is 9.65. The quantitative estimate of drug-likeness (QED) is 0.709. The molecule has 1 aliphatic carbocycles. The Morgan fingerprint density at radius 3 is 2.70 bits per heavy atom. The van der Waals surface area contributed by atoms with Crippen LogP contribution in [0.4, 0.5) is 5.82 Å².